The second kappa shape index (κ2) is 4.92. The normalized spacial score (nSPS) is 10.6. The molecule has 1 N–H and O–H groups in total. The molecule has 16 heavy (non-hydrogen) atoms. The Hall–Kier alpha value is -1.65. The average Bonchev–Trinajstić information content (AvgIpc) is 2.11. The van der Waals surface area contributed by atoms with Gasteiger partial charge < -0.3 is 5.32 Å². The fourth-order valence-corrected chi connectivity index (χ4v) is 1.42. The average molecular weight is 223 g/mol. The van der Waals surface area contributed by atoms with Gasteiger partial charge in [-0.3, -0.25) is 9.59 Å². The van der Waals surface area contributed by atoms with E-state index >= 15 is 0 Å². The molecule has 1 amide bonds. The lowest BCUT2D eigenvalue weighted by molar-refractivity contribution is -0.116. The van der Waals surface area contributed by atoms with E-state index < -0.39 is 0 Å². The van der Waals surface area contributed by atoms with Gasteiger partial charge in [-0.15, -0.1) is 0 Å². The third kappa shape index (κ3) is 3.18. The molecule has 0 aliphatic rings. The van der Waals surface area contributed by atoms with E-state index in [1.54, 1.807) is 20.0 Å². The molecule has 1 rings (SSSR count). The zero-order valence-corrected chi connectivity index (χ0v) is 10.1. The van der Waals surface area contributed by atoms with Crippen molar-refractivity contribution in [2.45, 2.75) is 27.2 Å². The second-order valence-electron chi connectivity index (χ2n) is 4.27. The Morgan fingerprint density at radius 3 is 2.75 bits per heavy atom. The van der Waals surface area contributed by atoms with Crippen LogP contribution in [-0.2, 0) is 11.8 Å². The quantitative estimate of drug-likeness (QED) is 0.833. The number of amides is 1. The highest BCUT2D eigenvalue weighted by molar-refractivity contribution is 5.90. The fourth-order valence-electron chi connectivity index (χ4n) is 1.42. The zero-order valence-electron chi connectivity index (χ0n) is 10.1. The van der Waals surface area contributed by atoms with Crippen molar-refractivity contribution in [1.82, 2.24) is 9.78 Å². The number of anilines is 1. The maximum absolute atomic E-state index is 11.6. The van der Waals surface area contributed by atoms with Gasteiger partial charge in [0.25, 0.3) is 5.56 Å². The minimum Gasteiger partial charge on any atom is -0.321 e. The highest BCUT2D eigenvalue weighted by atomic mass is 16.2. The molecular formula is C11H17N3O2. The van der Waals surface area contributed by atoms with E-state index in [9.17, 15) is 9.59 Å². The van der Waals surface area contributed by atoms with Crippen molar-refractivity contribution in [2.24, 2.45) is 13.0 Å². The Morgan fingerprint density at radius 1 is 1.56 bits per heavy atom. The van der Waals surface area contributed by atoms with Crippen molar-refractivity contribution in [3.8, 4) is 0 Å². The molecule has 0 aliphatic heterocycles. The molecule has 1 heterocycles. The van der Waals surface area contributed by atoms with Crippen LogP contribution in [0.1, 0.15) is 26.0 Å². The first-order valence-electron chi connectivity index (χ1n) is 5.25. The molecule has 5 nitrogen and oxygen atoms in total. The predicted molar refractivity (Wildman–Crippen MR) is 62.3 cm³/mol. The Bertz CT molecular complexity index is 449. The van der Waals surface area contributed by atoms with Crippen molar-refractivity contribution >= 4 is 11.6 Å². The third-order valence-corrected chi connectivity index (χ3v) is 2.05. The van der Waals surface area contributed by atoms with Crippen molar-refractivity contribution in [1.29, 1.82) is 0 Å². The van der Waals surface area contributed by atoms with E-state index in [0.717, 1.165) is 0 Å². The predicted octanol–water partition coefficient (Wildman–Crippen LogP) is 1.07. The Kier molecular flexibility index (Phi) is 3.82. The lowest BCUT2D eigenvalue weighted by atomic mass is 10.1. The van der Waals surface area contributed by atoms with Crippen LogP contribution in [0.5, 0.6) is 0 Å². The van der Waals surface area contributed by atoms with Crippen LogP contribution in [0.2, 0.25) is 0 Å². The summed E-state index contributed by atoms with van der Waals surface area (Å²) in [5.74, 6) is 0.129. The smallest absolute Gasteiger partial charge is 0.290 e. The summed E-state index contributed by atoms with van der Waals surface area (Å²) in [6.45, 7) is 5.68. The van der Waals surface area contributed by atoms with Gasteiger partial charge in [-0.05, 0) is 18.9 Å². The summed E-state index contributed by atoms with van der Waals surface area (Å²) in [5.41, 5.74) is 0.699. The summed E-state index contributed by atoms with van der Waals surface area (Å²) in [6.07, 6.45) is 0.407. The van der Waals surface area contributed by atoms with Crippen molar-refractivity contribution in [2.75, 3.05) is 5.32 Å². The van der Waals surface area contributed by atoms with Gasteiger partial charge in [0.05, 0.1) is 5.69 Å². The van der Waals surface area contributed by atoms with Gasteiger partial charge in [0.15, 0.2) is 0 Å². The summed E-state index contributed by atoms with van der Waals surface area (Å²) in [6, 6.07) is 1.58. The molecule has 0 unspecified atom stereocenters. The van der Waals surface area contributed by atoms with Crippen molar-refractivity contribution in [3.05, 3.63) is 22.1 Å². The van der Waals surface area contributed by atoms with E-state index in [2.05, 4.69) is 10.4 Å². The summed E-state index contributed by atoms with van der Waals surface area (Å²) in [7, 11) is 1.56. The minimum atomic E-state index is -0.289. The number of nitrogens with one attached hydrogen (secondary N) is 1. The van der Waals surface area contributed by atoms with Crippen LogP contribution in [0.3, 0.4) is 0 Å². The lowest BCUT2D eigenvalue weighted by Crippen LogP contribution is -2.26. The summed E-state index contributed by atoms with van der Waals surface area (Å²) < 4.78 is 1.22. The number of hydrogen-bond acceptors (Lipinski definition) is 3. The molecule has 0 aromatic carbocycles. The molecule has 0 saturated heterocycles. The van der Waals surface area contributed by atoms with E-state index in [1.165, 1.54) is 4.68 Å². The molecular weight excluding hydrogens is 206 g/mol. The topological polar surface area (TPSA) is 64.0 Å². The van der Waals surface area contributed by atoms with Crippen LogP contribution in [0.25, 0.3) is 0 Å². The van der Waals surface area contributed by atoms with Gasteiger partial charge in [-0.25, -0.2) is 4.68 Å². The van der Waals surface area contributed by atoms with Gasteiger partial charge in [-0.1, -0.05) is 13.8 Å². The van der Waals surface area contributed by atoms with Crippen LogP contribution >= 0.6 is 0 Å². The number of aromatic nitrogens is 2. The first kappa shape index (κ1) is 12.4. The standard InChI is InChI=1S/C11H17N3O2/c1-7(2)5-10(15)12-9-6-8(3)13-14(4)11(9)16/h6-7H,5H2,1-4H3,(H,12,15). The lowest BCUT2D eigenvalue weighted by Gasteiger charge is -2.08. The number of hydrogen-bond donors (Lipinski definition) is 1. The van der Waals surface area contributed by atoms with Crippen LogP contribution in [-0.4, -0.2) is 15.7 Å². The number of rotatable bonds is 3. The zero-order chi connectivity index (χ0) is 12.3. The van der Waals surface area contributed by atoms with E-state index in [0.29, 0.717) is 17.8 Å². The first-order valence-corrected chi connectivity index (χ1v) is 5.25. The summed E-state index contributed by atoms with van der Waals surface area (Å²) >= 11 is 0. The van der Waals surface area contributed by atoms with Crippen LogP contribution in [0.15, 0.2) is 10.9 Å². The van der Waals surface area contributed by atoms with Gasteiger partial charge >= 0.3 is 0 Å². The highest BCUT2D eigenvalue weighted by Crippen LogP contribution is 2.05. The van der Waals surface area contributed by atoms with Gasteiger partial charge in [0.1, 0.15) is 5.69 Å². The molecule has 0 radical (unpaired) electrons. The molecule has 0 atom stereocenters. The number of nitrogens with zero attached hydrogens (tertiary/aromatic N) is 2. The largest absolute Gasteiger partial charge is 0.321 e. The Labute approximate surface area is 94.5 Å². The molecule has 0 bridgehead atoms. The molecule has 0 saturated carbocycles. The summed E-state index contributed by atoms with van der Waals surface area (Å²) in [4.78, 5) is 23.1. The van der Waals surface area contributed by atoms with E-state index in [-0.39, 0.29) is 17.4 Å². The number of carbonyl (C=O) groups is 1. The number of aryl methyl sites for hydroxylation is 2. The Morgan fingerprint density at radius 2 is 2.19 bits per heavy atom. The maximum atomic E-state index is 11.6. The van der Waals surface area contributed by atoms with Crippen LogP contribution < -0.4 is 10.9 Å². The second-order valence-corrected chi connectivity index (χ2v) is 4.27. The Balaban J connectivity index is 2.89. The van der Waals surface area contributed by atoms with E-state index in [4.69, 9.17) is 0 Å². The maximum Gasteiger partial charge on any atom is 0.290 e. The molecule has 1 aromatic heterocycles. The molecule has 0 fully saturated rings. The molecule has 0 aliphatic carbocycles. The van der Waals surface area contributed by atoms with Crippen molar-refractivity contribution in [3.63, 3.8) is 0 Å². The molecule has 1 aromatic rings. The van der Waals surface area contributed by atoms with Crippen LogP contribution in [0.4, 0.5) is 5.69 Å². The summed E-state index contributed by atoms with van der Waals surface area (Å²) in [5, 5.41) is 6.57. The van der Waals surface area contributed by atoms with Gasteiger partial charge in [0, 0.05) is 13.5 Å². The highest BCUT2D eigenvalue weighted by Gasteiger charge is 2.09. The first-order chi connectivity index (χ1) is 7.40. The minimum absolute atomic E-state index is 0.141. The van der Waals surface area contributed by atoms with Crippen LogP contribution in [0, 0.1) is 12.8 Å². The van der Waals surface area contributed by atoms with E-state index in [1.807, 2.05) is 13.8 Å². The van der Waals surface area contributed by atoms with Gasteiger partial charge in [0.2, 0.25) is 5.91 Å². The number of carbonyl (C=O) groups excluding carboxylic acids is 1. The van der Waals surface area contributed by atoms with Gasteiger partial charge in [-0.2, -0.15) is 5.10 Å². The monoisotopic (exact) mass is 223 g/mol. The third-order valence-electron chi connectivity index (χ3n) is 2.05. The molecule has 88 valence electrons. The fraction of sp³-hybridized carbons (Fsp3) is 0.545. The van der Waals surface area contributed by atoms with Crippen molar-refractivity contribution < 1.29 is 4.79 Å². The molecule has 5 heteroatoms. The SMILES string of the molecule is Cc1cc(NC(=O)CC(C)C)c(=O)n(C)n1. The molecule has 0 spiro atoms.